The molecule has 0 aliphatic heterocycles. The zero-order valence-corrected chi connectivity index (χ0v) is 12.5. The lowest BCUT2D eigenvalue weighted by molar-refractivity contribution is 0.474. The van der Waals surface area contributed by atoms with Crippen molar-refractivity contribution in [1.82, 2.24) is 0 Å². The fraction of sp³-hybridized carbons (Fsp3) is 0.278. The Balaban J connectivity index is 1.56. The van der Waals surface area contributed by atoms with Gasteiger partial charge in [-0.3, -0.25) is 4.99 Å². The number of aryl methyl sites for hydroxylation is 2. The smallest absolute Gasteiger partial charge is 0.193 e. The zero-order valence-electron chi connectivity index (χ0n) is 12.5. The fourth-order valence-electron chi connectivity index (χ4n) is 2.85. The molecule has 22 heavy (non-hydrogen) atoms. The molecule has 0 amide bonds. The number of fused-ring (bicyclic) bond motifs is 1. The predicted molar refractivity (Wildman–Crippen MR) is 90.4 cm³/mol. The molecule has 0 saturated heterocycles. The van der Waals surface area contributed by atoms with Gasteiger partial charge in [0.05, 0.1) is 0 Å². The van der Waals surface area contributed by atoms with E-state index in [1.54, 1.807) is 12.1 Å². The predicted octanol–water partition coefficient (Wildman–Crippen LogP) is 2.85. The molecule has 4 N–H and O–H groups in total. The highest BCUT2D eigenvalue weighted by Crippen LogP contribution is 2.24. The molecule has 0 saturated carbocycles. The van der Waals surface area contributed by atoms with Crippen molar-refractivity contribution in [3.63, 3.8) is 0 Å². The van der Waals surface area contributed by atoms with Crippen LogP contribution in [-0.4, -0.2) is 17.6 Å². The highest BCUT2D eigenvalue weighted by Gasteiger charge is 2.10. The van der Waals surface area contributed by atoms with Gasteiger partial charge in [0.25, 0.3) is 0 Å². The van der Waals surface area contributed by atoms with Crippen LogP contribution in [0.25, 0.3) is 0 Å². The highest BCUT2D eigenvalue weighted by atomic mass is 16.3. The van der Waals surface area contributed by atoms with Gasteiger partial charge in [0.2, 0.25) is 0 Å². The molecule has 2 aromatic carbocycles. The summed E-state index contributed by atoms with van der Waals surface area (Å²) in [4.78, 5) is 4.34. The minimum atomic E-state index is 0.283. The number of aliphatic imine (C=N–C) groups is 1. The van der Waals surface area contributed by atoms with E-state index in [2.05, 4.69) is 28.5 Å². The summed E-state index contributed by atoms with van der Waals surface area (Å²) < 4.78 is 0. The number of hydrogen-bond donors (Lipinski definition) is 3. The number of hydrogen-bond acceptors (Lipinski definition) is 2. The normalized spacial score (nSPS) is 13.9. The number of nitrogens with zero attached hydrogens (tertiary/aromatic N) is 1. The maximum atomic E-state index is 9.42. The summed E-state index contributed by atoms with van der Waals surface area (Å²) in [5.41, 5.74) is 10.8. The Hall–Kier alpha value is -2.49. The van der Waals surface area contributed by atoms with E-state index in [1.807, 2.05) is 12.1 Å². The van der Waals surface area contributed by atoms with Crippen molar-refractivity contribution >= 4 is 11.6 Å². The molecule has 0 atom stereocenters. The van der Waals surface area contributed by atoms with Crippen LogP contribution >= 0.6 is 0 Å². The van der Waals surface area contributed by atoms with E-state index in [1.165, 1.54) is 24.0 Å². The second-order valence-corrected chi connectivity index (χ2v) is 5.65. The van der Waals surface area contributed by atoms with Gasteiger partial charge in [-0.1, -0.05) is 18.2 Å². The molecule has 0 bridgehead atoms. The second kappa shape index (κ2) is 6.52. The van der Waals surface area contributed by atoms with Gasteiger partial charge in [0, 0.05) is 12.2 Å². The second-order valence-electron chi connectivity index (χ2n) is 5.65. The first-order valence-electron chi connectivity index (χ1n) is 7.67. The highest BCUT2D eigenvalue weighted by molar-refractivity contribution is 5.92. The molecular formula is C18H21N3O. The summed E-state index contributed by atoms with van der Waals surface area (Å²) in [6, 6.07) is 13.6. The van der Waals surface area contributed by atoms with Crippen molar-refractivity contribution in [3.8, 4) is 5.75 Å². The summed E-state index contributed by atoms with van der Waals surface area (Å²) in [5.74, 6) is 0.712. The first-order valence-corrected chi connectivity index (χ1v) is 7.67. The molecule has 0 fully saturated rings. The van der Waals surface area contributed by atoms with Crippen molar-refractivity contribution in [2.24, 2.45) is 10.7 Å². The maximum Gasteiger partial charge on any atom is 0.193 e. The molecule has 0 unspecified atom stereocenters. The number of aromatic hydroxyl groups is 1. The molecule has 1 aliphatic rings. The number of nitrogens with one attached hydrogen (secondary N) is 1. The third-order valence-electron chi connectivity index (χ3n) is 3.96. The van der Waals surface area contributed by atoms with E-state index in [9.17, 15) is 5.11 Å². The SMILES string of the molecule is NC(=NCCc1cccc(O)c1)Nc1ccc2c(c1)CCC2. The molecule has 0 radical (unpaired) electrons. The summed E-state index contributed by atoms with van der Waals surface area (Å²) >= 11 is 0. The standard InChI is InChI=1S/C18H21N3O/c19-18(20-10-9-13-3-1-6-17(22)11-13)21-16-8-7-14-4-2-5-15(14)12-16/h1,3,6-8,11-12,22H,2,4-5,9-10H2,(H3,19,20,21). The van der Waals surface area contributed by atoms with Crippen LogP contribution < -0.4 is 11.1 Å². The van der Waals surface area contributed by atoms with Crippen LogP contribution in [0.2, 0.25) is 0 Å². The van der Waals surface area contributed by atoms with Crippen molar-refractivity contribution in [2.45, 2.75) is 25.7 Å². The van der Waals surface area contributed by atoms with Gasteiger partial charge in [0.15, 0.2) is 5.96 Å². The molecule has 4 nitrogen and oxygen atoms in total. The molecule has 1 aliphatic carbocycles. The van der Waals surface area contributed by atoms with Crippen LogP contribution in [0.4, 0.5) is 5.69 Å². The Bertz CT molecular complexity index is 694. The van der Waals surface area contributed by atoms with E-state index in [4.69, 9.17) is 5.73 Å². The Labute approximate surface area is 130 Å². The molecule has 0 aromatic heterocycles. The Kier molecular flexibility index (Phi) is 4.28. The Morgan fingerprint density at radius 1 is 1.14 bits per heavy atom. The monoisotopic (exact) mass is 295 g/mol. The largest absolute Gasteiger partial charge is 0.508 e. The number of phenolic OH excluding ortho intramolecular Hbond substituents is 1. The summed E-state index contributed by atoms with van der Waals surface area (Å²) in [5, 5.41) is 12.6. The van der Waals surface area contributed by atoms with E-state index < -0.39 is 0 Å². The van der Waals surface area contributed by atoms with Crippen LogP contribution in [0, 0.1) is 0 Å². The number of rotatable bonds is 4. The third kappa shape index (κ3) is 3.58. The van der Waals surface area contributed by atoms with E-state index in [0.717, 1.165) is 24.1 Å². The number of benzene rings is 2. The van der Waals surface area contributed by atoms with Crippen molar-refractivity contribution in [3.05, 3.63) is 59.2 Å². The molecule has 2 aromatic rings. The first kappa shape index (κ1) is 14.4. The quantitative estimate of drug-likeness (QED) is 0.600. The van der Waals surface area contributed by atoms with Crippen molar-refractivity contribution in [1.29, 1.82) is 0 Å². The van der Waals surface area contributed by atoms with Gasteiger partial charge >= 0.3 is 0 Å². The van der Waals surface area contributed by atoms with Gasteiger partial charge < -0.3 is 16.2 Å². The minimum Gasteiger partial charge on any atom is -0.508 e. The minimum absolute atomic E-state index is 0.283. The molecular weight excluding hydrogens is 274 g/mol. The van der Waals surface area contributed by atoms with Crippen LogP contribution in [0.3, 0.4) is 0 Å². The molecule has 3 rings (SSSR count). The lowest BCUT2D eigenvalue weighted by atomic mass is 10.1. The van der Waals surface area contributed by atoms with Crippen LogP contribution in [0.1, 0.15) is 23.1 Å². The number of phenols is 1. The maximum absolute atomic E-state index is 9.42. The van der Waals surface area contributed by atoms with Gasteiger partial charge in [-0.25, -0.2) is 0 Å². The number of anilines is 1. The number of nitrogens with two attached hydrogens (primary N) is 1. The zero-order chi connectivity index (χ0) is 15.4. The van der Waals surface area contributed by atoms with E-state index in [0.29, 0.717) is 12.5 Å². The van der Waals surface area contributed by atoms with Crippen molar-refractivity contribution < 1.29 is 5.11 Å². The van der Waals surface area contributed by atoms with Gasteiger partial charge in [-0.05, 0) is 66.6 Å². The molecule has 114 valence electrons. The topological polar surface area (TPSA) is 70.6 Å². The van der Waals surface area contributed by atoms with Crippen LogP contribution in [0.15, 0.2) is 47.5 Å². The molecule has 0 heterocycles. The lowest BCUT2D eigenvalue weighted by Gasteiger charge is -2.08. The summed E-state index contributed by atoms with van der Waals surface area (Å²) in [6.45, 7) is 0.591. The van der Waals surface area contributed by atoms with E-state index >= 15 is 0 Å². The first-order chi connectivity index (χ1) is 10.7. The van der Waals surface area contributed by atoms with Gasteiger partial charge in [0.1, 0.15) is 5.75 Å². The number of guanidine groups is 1. The molecule has 0 spiro atoms. The average Bonchev–Trinajstić information content (AvgIpc) is 2.95. The lowest BCUT2D eigenvalue weighted by Crippen LogP contribution is -2.23. The summed E-state index contributed by atoms with van der Waals surface area (Å²) in [6.07, 6.45) is 4.33. The van der Waals surface area contributed by atoms with Gasteiger partial charge in [-0.15, -0.1) is 0 Å². The Morgan fingerprint density at radius 2 is 2.00 bits per heavy atom. The Morgan fingerprint density at radius 3 is 2.86 bits per heavy atom. The summed E-state index contributed by atoms with van der Waals surface area (Å²) in [7, 11) is 0. The third-order valence-corrected chi connectivity index (χ3v) is 3.96. The van der Waals surface area contributed by atoms with Crippen LogP contribution in [-0.2, 0) is 19.3 Å². The molecule has 4 heteroatoms. The van der Waals surface area contributed by atoms with Gasteiger partial charge in [-0.2, -0.15) is 0 Å². The fourth-order valence-corrected chi connectivity index (χ4v) is 2.85. The van der Waals surface area contributed by atoms with Crippen molar-refractivity contribution in [2.75, 3.05) is 11.9 Å². The average molecular weight is 295 g/mol. The van der Waals surface area contributed by atoms with Crippen LogP contribution in [0.5, 0.6) is 5.75 Å². The van der Waals surface area contributed by atoms with E-state index in [-0.39, 0.29) is 5.75 Å².